The zero-order valence-corrected chi connectivity index (χ0v) is 12.5. The molecule has 0 aliphatic carbocycles. The van der Waals surface area contributed by atoms with E-state index in [4.69, 9.17) is 5.11 Å². The molecule has 2 aromatic rings. The summed E-state index contributed by atoms with van der Waals surface area (Å²) in [7, 11) is 0. The number of nitrogens with zero attached hydrogens (tertiary/aromatic N) is 2. The summed E-state index contributed by atoms with van der Waals surface area (Å²) in [4.78, 5) is 11.6. The molecule has 0 spiro atoms. The predicted molar refractivity (Wildman–Crippen MR) is 78.0 cm³/mol. The Morgan fingerprint density at radius 2 is 1.83 bits per heavy atom. The monoisotopic (exact) mass is 346 g/mol. The van der Waals surface area contributed by atoms with Crippen LogP contribution in [0.5, 0.6) is 0 Å². The van der Waals surface area contributed by atoms with E-state index in [-0.39, 0.29) is 23.1 Å². The second kappa shape index (κ2) is 7.38. The van der Waals surface area contributed by atoms with Crippen LogP contribution >= 0.6 is 11.3 Å². The number of anilines is 1. The maximum absolute atomic E-state index is 12.3. The number of carbonyl (C=O) groups excluding carboxylic acids is 1. The van der Waals surface area contributed by atoms with E-state index in [0.717, 1.165) is 11.1 Å². The highest BCUT2D eigenvalue weighted by molar-refractivity contribution is 7.15. The van der Waals surface area contributed by atoms with Crippen LogP contribution in [0.3, 0.4) is 0 Å². The third-order valence-corrected chi connectivity index (χ3v) is 3.68. The summed E-state index contributed by atoms with van der Waals surface area (Å²) < 4.78 is 37.0. The molecule has 3 N–H and O–H groups in total. The Bertz CT molecular complexity index is 658. The number of urea groups is 1. The van der Waals surface area contributed by atoms with Gasteiger partial charge in [-0.1, -0.05) is 35.6 Å². The van der Waals surface area contributed by atoms with Crippen LogP contribution in [-0.2, 0) is 19.2 Å². The Morgan fingerprint density at radius 3 is 2.39 bits per heavy atom. The Hall–Kier alpha value is -2.20. The lowest BCUT2D eigenvalue weighted by Crippen LogP contribution is -2.30. The van der Waals surface area contributed by atoms with Crippen molar-refractivity contribution in [2.24, 2.45) is 0 Å². The van der Waals surface area contributed by atoms with Gasteiger partial charge in [-0.15, -0.1) is 10.2 Å². The molecule has 23 heavy (non-hydrogen) atoms. The first-order valence-corrected chi connectivity index (χ1v) is 7.34. The Labute approximate surface area is 133 Å². The number of nitrogens with one attached hydrogen (secondary N) is 2. The minimum atomic E-state index is -4.57. The number of carbonyl (C=O) groups is 1. The van der Waals surface area contributed by atoms with Crippen LogP contribution in [0.1, 0.15) is 16.1 Å². The molecular formula is C13H13F3N4O2S. The van der Waals surface area contributed by atoms with Crippen LogP contribution in [0.25, 0.3) is 0 Å². The molecule has 2 amide bonds. The van der Waals surface area contributed by atoms with Gasteiger partial charge >= 0.3 is 12.2 Å². The number of aliphatic hydroxyl groups is 1. The highest BCUT2D eigenvalue weighted by Crippen LogP contribution is 2.32. The number of aliphatic hydroxyl groups excluding tert-OH is 1. The fourth-order valence-electron chi connectivity index (χ4n) is 1.66. The van der Waals surface area contributed by atoms with E-state index in [1.54, 1.807) is 12.1 Å². The van der Waals surface area contributed by atoms with Crippen molar-refractivity contribution in [3.8, 4) is 0 Å². The number of hydrogen-bond donors (Lipinski definition) is 3. The van der Waals surface area contributed by atoms with Crippen molar-refractivity contribution in [2.75, 3.05) is 11.9 Å². The second-order valence-corrected chi connectivity index (χ2v) is 5.49. The molecule has 1 heterocycles. The van der Waals surface area contributed by atoms with E-state index >= 15 is 0 Å². The van der Waals surface area contributed by atoms with Gasteiger partial charge in [0.25, 0.3) is 0 Å². The van der Waals surface area contributed by atoms with Crippen LogP contribution in [-0.4, -0.2) is 27.9 Å². The zero-order valence-electron chi connectivity index (χ0n) is 11.7. The molecule has 1 aromatic carbocycles. The van der Waals surface area contributed by atoms with Crippen molar-refractivity contribution in [1.82, 2.24) is 15.5 Å². The molecule has 0 aliphatic rings. The largest absolute Gasteiger partial charge is 0.445 e. The van der Waals surface area contributed by atoms with E-state index in [0.29, 0.717) is 13.0 Å². The van der Waals surface area contributed by atoms with Crippen LogP contribution in [0.4, 0.5) is 23.1 Å². The number of hydrogen-bond acceptors (Lipinski definition) is 5. The molecule has 1 aromatic heterocycles. The fourth-order valence-corrected chi connectivity index (χ4v) is 2.27. The molecule has 0 radical (unpaired) electrons. The lowest BCUT2D eigenvalue weighted by atomic mass is 10.1. The maximum Gasteiger partial charge on any atom is 0.445 e. The van der Waals surface area contributed by atoms with Gasteiger partial charge in [0, 0.05) is 6.54 Å². The summed E-state index contributed by atoms with van der Waals surface area (Å²) in [5, 5.41) is 18.5. The topological polar surface area (TPSA) is 87.1 Å². The van der Waals surface area contributed by atoms with E-state index < -0.39 is 17.2 Å². The third kappa shape index (κ3) is 5.18. The quantitative estimate of drug-likeness (QED) is 0.776. The van der Waals surface area contributed by atoms with Crippen LogP contribution in [0.2, 0.25) is 0 Å². The molecular weight excluding hydrogens is 333 g/mol. The van der Waals surface area contributed by atoms with Crippen molar-refractivity contribution in [3.63, 3.8) is 0 Å². The van der Waals surface area contributed by atoms with E-state index in [1.165, 1.54) is 0 Å². The Kier molecular flexibility index (Phi) is 5.50. The molecule has 0 saturated carbocycles. The molecule has 0 unspecified atom stereocenters. The summed E-state index contributed by atoms with van der Waals surface area (Å²) in [5.41, 5.74) is 1.74. The first kappa shape index (κ1) is 17.2. The fraction of sp³-hybridized carbons (Fsp3) is 0.308. The number of amides is 2. The molecule has 10 heteroatoms. The van der Waals surface area contributed by atoms with Crippen molar-refractivity contribution in [3.05, 3.63) is 40.4 Å². The normalized spacial score (nSPS) is 11.3. The van der Waals surface area contributed by atoms with Gasteiger partial charge in [0.2, 0.25) is 10.1 Å². The molecule has 124 valence electrons. The number of alkyl halides is 3. The van der Waals surface area contributed by atoms with Gasteiger partial charge in [-0.3, -0.25) is 5.32 Å². The van der Waals surface area contributed by atoms with E-state index in [1.807, 2.05) is 12.1 Å². The molecule has 0 fully saturated rings. The highest BCUT2D eigenvalue weighted by atomic mass is 32.1. The molecule has 0 bridgehead atoms. The zero-order chi connectivity index (χ0) is 16.9. The van der Waals surface area contributed by atoms with Gasteiger partial charge < -0.3 is 10.4 Å². The van der Waals surface area contributed by atoms with Crippen molar-refractivity contribution in [2.45, 2.75) is 19.2 Å². The summed E-state index contributed by atoms with van der Waals surface area (Å²) in [6.07, 6.45) is -4.03. The minimum absolute atomic E-state index is 0.0390. The lowest BCUT2D eigenvalue weighted by molar-refractivity contribution is -0.138. The van der Waals surface area contributed by atoms with Gasteiger partial charge in [0.05, 0.1) is 6.61 Å². The van der Waals surface area contributed by atoms with Gasteiger partial charge in [-0.05, 0) is 17.5 Å². The summed E-state index contributed by atoms with van der Waals surface area (Å²) in [6.45, 7) is 0.262. The molecule has 2 rings (SSSR count). The standard InChI is InChI=1S/C13H13F3N4O2S/c14-13(15,16)10-19-20-12(23-10)18-11(22)17-6-5-8-1-3-9(7-21)4-2-8/h1-4,21H,5-7H2,(H2,17,18,20,22). The molecule has 0 saturated heterocycles. The van der Waals surface area contributed by atoms with Crippen molar-refractivity contribution in [1.29, 1.82) is 0 Å². The van der Waals surface area contributed by atoms with Crippen molar-refractivity contribution < 1.29 is 23.1 Å². The van der Waals surface area contributed by atoms with Gasteiger partial charge in [0.15, 0.2) is 0 Å². The lowest BCUT2D eigenvalue weighted by Gasteiger charge is -2.06. The average Bonchev–Trinajstić information content (AvgIpc) is 2.96. The molecule has 0 atom stereocenters. The number of rotatable bonds is 5. The van der Waals surface area contributed by atoms with Gasteiger partial charge in [-0.25, -0.2) is 4.79 Å². The average molecular weight is 346 g/mol. The maximum atomic E-state index is 12.3. The third-order valence-electron chi connectivity index (χ3n) is 2.79. The van der Waals surface area contributed by atoms with E-state index in [9.17, 15) is 18.0 Å². The molecule has 0 aliphatic heterocycles. The van der Waals surface area contributed by atoms with Crippen molar-refractivity contribution >= 4 is 22.5 Å². The number of benzene rings is 1. The summed E-state index contributed by atoms with van der Waals surface area (Å²) in [6, 6.07) is 6.54. The van der Waals surface area contributed by atoms with Gasteiger partial charge in [-0.2, -0.15) is 13.2 Å². The van der Waals surface area contributed by atoms with Crippen LogP contribution < -0.4 is 10.6 Å². The Morgan fingerprint density at radius 1 is 1.17 bits per heavy atom. The van der Waals surface area contributed by atoms with E-state index in [2.05, 4.69) is 20.8 Å². The number of halogens is 3. The first-order chi connectivity index (χ1) is 10.9. The minimum Gasteiger partial charge on any atom is -0.392 e. The van der Waals surface area contributed by atoms with Crippen LogP contribution in [0, 0.1) is 0 Å². The van der Waals surface area contributed by atoms with Gasteiger partial charge in [0.1, 0.15) is 0 Å². The number of aromatic nitrogens is 2. The first-order valence-electron chi connectivity index (χ1n) is 6.52. The SMILES string of the molecule is O=C(NCCc1ccc(CO)cc1)Nc1nnc(C(F)(F)F)s1. The summed E-state index contributed by atoms with van der Waals surface area (Å²) >= 11 is 0.259. The predicted octanol–water partition coefficient (Wildman–Crippen LogP) is 2.41. The highest BCUT2D eigenvalue weighted by Gasteiger charge is 2.35. The second-order valence-electron chi connectivity index (χ2n) is 4.52. The summed E-state index contributed by atoms with van der Waals surface area (Å²) in [5.74, 6) is 0. The Balaban J connectivity index is 1.77. The molecule has 6 nitrogen and oxygen atoms in total. The smallest absolute Gasteiger partial charge is 0.392 e. The van der Waals surface area contributed by atoms with Crippen LogP contribution in [0.15, 0.2) is 24.3 Å².